The van der Waals surface area contributed by atoms with Crippen LogP contribution in [0.15, 0.2) is 30.3 Å². The van der Waals surface area contributed by atoms with Gasteiger partial charge in [0.05, 0.1) is 0 Å². The fourth-order valence-corrected chi connectivity index (χ4v) is 4.09. The van der Waals surface area contributed by atoms with Crippen molar-refractivity contribution >= 4 is 24.5 Å². The van der Waals surface area contributed by atoms with Gasteiger partial charge in [-0.1, -0.05) is 6.07 Å². The number of piperazine rings is 1. The van der Waals surface area contributed by atoms with Gasteiger partial charge in [-0.2, -0.15) is 0 Å². The third-order valence-corrected chi connectivity index (χ3v) is 5.47. The van der Waals surface area contributed by atoms with Crippen LogP contribution in [0.5, 0.6) is 5.75 Å². The summed E-state index contributed by atoms with van der Waals surface area (Å²) >= 11 is 0. The van der Waals surface area contributed by atoms with E-state index in [-0.39, 0.29) is 0 Å². The van der Waals surface area contributed by atoms with Crippen LogP contribution in [0.1, 0.15) is 29.7 Å². The van der Waals surface area contributed by atoms with Gasteiger partial charge in [-0.25, -0.2) is 0 Å². The van der Waals surface area contributed by atoms with Crippen LogP contribution in [0.25, 0.3) is 0 Å². The summed E-state index contributed by atoms with van der Waals surface area (Å²) in [5, 5.41) is 9.84. The van der Waals surface area contributed by atoms with Crippen LogP contribution in [-0.4, -0.2) is 51.2 Å². The molecule has 0 radical (unpaired) electrons. The van der Waals surface area contributed by atoms with E-state index in [1.807, 2.05) is 6.07 Å². The van der Waals surface area contributed by atoms with Gasteiger partial charge in [0.1, 0.15) is 0 Å². The zero-order valence-electron chi connectivity index (χ0n) is 15.7. The molecule has 0 spiro atoms. The van der Waals surface area contributed by atoms with Crippen LogP contribution in [0, 0.1) is 11.3 Å². The zero-order valence-corrected chi connectivity index (χ0v) is 15.7. The zero-order chi connectivity index (χ0) is 18.8. The van der Waals surface area contributed by atoms with E-state index < -0.39 is 0 Å². The number of para-hydroxylation sites is 1. The van der Waals surface area contributed by atoms with E-state index in [9.17, 15) is 5.26 Å². The van der Waals surface area contributed by atoms with E-state index in [1.165, 1.54) is 5.69 Å². The fraction of sp³-hybridized carbons (Fsp3) is 0.381. The summed E-state index contributed by atoms with van der Waals surface area (Å²) in [5.74, 6) is 1.41. The van der Waals surface area contributed by atoms with Crippen LogP contribution in [0.4, 0.5) is 11.5 Å². The quantitative estimate of drug-likeness (QED) is 0.786. The average molecular weight is 358 g/mol. The van der Waals surface area contributed by atoms with Gasteiger partial charge in [0, 0.05) is 0 Å². The first-order valence-corrected chi connectivity index (χ1v) is 9.47. The molecule has 0 unspecified atom stereocenters. The average Bonchev–Trinajstić information content (AvgIpc) is 2.73. The Hall–Kier alpha value is -2.81. The summed E-state index contributed by atoms with van der Waals surface area (Å²) in [6, 6.07) is 12.8. The van der Waals surface area contributed by atoms with Gasteiger partial charge in [-0.15, -0.1) is 0 Å². The Morgan fingerprint density at radius 3 is 2.44 bits per heavy atom. The van der Waals surface area contributed by atoms with Crippen LogP contribution in [-0.2, 0) is 6.42 Å². The number of fused-ring (bicyclic) bond motifs is 1. The first-order valence-electron chi connectivity index (χ1n) is 9.47. The molecule has 2 aliphatic rings. The maximum atomic E-state index is 9.84. The Bertz CT molecular complexity index is 899. The van der Waals surface area contributed by atoms with Crippen molar-refractivity contribution in [3.63, 3.8) is 0 Å². The molecule has 0 saturated carbocycles. The van der Waals surface area contributed by atoms with Gasteiger partial charge in [0.2, 0.25) is 0 Å². The number of hydrogen-bond donors (Lipinski definition) is 0. The molecule has 0 N–H and O–H groups in total. The third-order valence-electron chi connectivity index (χ3n) is 5.47. The van der Waals surface area contributed by atoms with Crippen molar-refractivity contribution in [3.8, 4) is 11.8 Å². The standard InChI is InChI=1S/C21H23BN4O/c1-27-20-16(14-23)21(24-18-9-5-8-17(22)19(18)20)26-12-10-25(11-13-26)15-6-3-2-4-7-15/h2-4,6-7,22H,5,8-13H2,1H3. The van der Waals surface area contributed by atoms with Crippen molar-refractivity contribution in [3.05, 3.63) is 47.2 Å². The van der Waals surface area contributed by atoms with Crippen molar-refractivity contribution in [2.75, 3.05) is 43.1 Å². The minimum absolute atomic E-state index is 0.535. The molecule has 0 amide bonds. The van der Waals surface area contributed by atoms with E-state index in [1.54, 1.807) is 7.11 Å². The number of anilines is 2. The molecule has 4 rings (SSSR count). The summed E-state index contributed by atoms with van der Waals surface area (Å²) < 4.78 is 5.67. The first-order chi connectivity index (χ1) is 13.2. The number of nitrogens with zero attached hydrogens (tertiary/aromatic N) is 4. The fourth-order valence-electron chi connectivity index (χ4n) is 4.09. The van der Waals surface area contributed by atoms with Crippen LogP contribution in [0.2, 0.25) is 0 Å². The second-order valence-electron chi connectivity index (χ2n) is 7.04. The molecule has 0 bridgehead atoms. The molecule has 27 heavy (non-hydrogen) atoms. The molecule has 1 saturated heterocycles. The molecule has 1 aliphatic carbocycles. The van der Waals surface area contributed by atoms with Crippen molar-refractivity contribution in [2.45, 2.75) is 19.3 Å². The number of aryl methyl sites for hydroxylation is 1. The predicted molar refractivity (Wildman–Crippen MR) is 111 cm³/mol. The van der Waals surface area contributed by atoms with Crippen molar-refractivity contribution in [2.24, 2.45) is 0 Å². The molecule has 0 atom stereocenters. The SMILES string of the molecule is B=C1CCCc2nc(N3CCN(c4ccccc4)CC3)c(C#N)c(OC)c21. The number of nitriles is 1. The van der Waals surface area contributed by atoms with Gasteiger partial charge in [-0.3, -0.25) is 0 Å². The van der Waals surface area contributed by atoms with Crippen molar-refractivity contribution in [1.82, 2.24) is 4.98 Å². The molecular weight excluding hydrogens is 335 g/mol. The topological polar surface area (TPSA) is 52.4 Å². The van der Waals surface area contributed by atoms with Crippen molar-refractivity contribution in [1.29, 1.82) is 5.26 Å². The molecular formula is C21H23BN4O. The minimum atomic E-state index is 0.535. The Labute approximate surface area is 161 Å². The van der Waals surface area contributed by atoms with E-state index in [4.69, 9.17) is 9.72 Å². The number of pyridine rings is 1. The van der Waals surface area contributed by atoms with Gasteiger partial charge >= 0.3 is 155 Å². The van der Waals surface area contributed by atoms with Gasteiger partial charge in [0.15, 0.2) is 0 Å². The molecule has 1 fully saturated rings. The Balaban J connectivity index is 1.65. The normalized spacial score (nSPS) is 16.6. The number of benzene rings is 1. The molecule has 1 aromatic heterocycles. The summed E-state index contributed by atoms with van der Waals surface area (Å²) in [7, 11) is 5.81. The number of rotatable bonds is 3. The van der Waals surface area contributed by atoms with E-state index in [2.05, 4.69) is 47.6 Å². The second kappa shape index (κ2) is 7.44. The number of aromatic nitrogens is 1. The predicted octanol–water partition coefficient (Wildman–Crippen LogP) is 2.05. The third kappa shape index (κ3) is 3.19. The monoisotopic (exact) mass is 358 g/mol. The second-order valence-corrected chi connectivity index (χ2v) is 7.04. The van der Waals surface area contributed by atoms with Crippen LogP contribution in [0.3, 0.4) is 0 Å². The molecule has 5 nitrogen and oxygen atoms in total. The van der Waals surface area contributed by atoms with Gasteiger partial charge < -0.3 is 0 Å². The summed E-state index contributed by atoms with van der Waals surface area (Å²) in [6.07, 6.45) is 2.90. The van der Waals surface area contributed by atoms with Crippen LogP contribution < -0.4 is 14.5 Å². The Morgan fingerprint density at radius 2 is 1.78 bits per heavy atom. The van der Waals surface area contributed by atoms with E-state index in [0.29, 0.717) is 11.3 Å². The van der Waals surface area contributed by atoms with E-state index >= 15 is 0 Å². The summed E-state index contributed by atoms with van der Waals surface area (Å²) in [6.45, 7) is 3.48. The Kier molecular flexibility index (Phi) is 4.85. The van der Waals surface area contributed by atoms with Crippen molar-refractivity contribution < 1.29 is 4.74 Å². The molecule has 1 aliphatic heterocycles. The molecule has 136 valence electrons. The first kappa shape index (κ1) is 17.6. The molecule has 6 heteroatoms. The summed E-state index contributed by atoms with van der Waals surface area (Å²) in [5.41, 5.74) is 4.77. The molecule has 2 aromatic rings. The summed E-state index contributed by atoms with van der Waals surface area (Å²) in [4.78, 5) is 9.50. The van der Waals surface area contributed by atoms with Gasteiger partial charge in [-0.05, 0) is 0 Å². The number of hydrogen-bond acceptors (Lipinski definition) is 5. The number of methoxy groups -OCH3 is 1. The van der Waals surface area contributed by atoms with Crippen LogP contribution >= 0.6 is 0 Å². The Morgan fingerprint density at radius 1 is 1.07 bits per heavy atom. The number of ether oxygens (including phenoxy) is 1. The molecule has 2 heterocycles. The van der Waals surface area contributed by atoms with Gasteiger partial charge in [0.25, 0.3) is 0 Å². The maximum absolute atomic E-state index is 9.84. The molecule has 1 aromatic carbocycles. The van der Waals surface area contributed by atoms with E-state index in [0.717, 1.165) is 68.0 Å².